The third kappa shape index (κ3) is 9.49. The number of aliphatic hydroxyl groups excluding tert-OH is 1. The summed E-state index contributed by atoms with van der Waals surface area (Å²) in [5.74, 6) is -0.157. The van der Waals surface area contributed by atoms with E-state index in [4.69, 9.17) is 14.6 Å². The monoisotopic (exact) mass is 644 g/mol. The summed E-state index contributed by atoms with van der Waals surface area (Å²) < 4.78 is 15.0. The molecule has 0 unspecified atom stereocenters. The number of hydrogen-bond acceptors (Lipinski definition) is 8. The highest BCUT2D eigenvalue weighted by Crippen LogP contribution is 2.40. The van der Waals surface area contributed by atoms with Crippen LogP contribution in [0.15, 0.2) is 84.3 Å². The maximum absolute atomic E-state index is 12.3. The lowest BCUT2D eigenvalue weighted by atomic mass is 9.99. The zero-order chi connectivity index (χ0) is 32.3. The number of rotatable bonds is 15. The lowest BCUT2D eigenvalue weighted by Crippen LogP contribution is -2.31. The number of amides is 1. The smallest absolute Gasteiger partial charge is 0.303 e. The van der Waals surface area contributed by atoms with Crippen LogP contribution in [0.25, 0.3) is 11.1 Å². The van der Waals surface area contributed by atoms with Crippen LogP contribution in [-0.4, -0.2) is 48.7 Å². The number of aliphatic hydroxyl groups is 1. The molecule has 1 aliphatic rings. The minimum atomic E-state index is -0.805. The number of carbonyl (C=O) groups excluding carboxylic acids is 1. The molecule has 0 bridgehead atoms. The molecule has 1 fully saturated rings. The zero-order valence-electron chi connectivity index (χ0n) is 25.9. The van der Waals surface area contributed by atoms with Crippen molar-refractivity contribution in [1.82, 2.24) is 20.1 Å². The normalized spacial score (nSPS) is 17.9. The van der Waals surface area contributed by atoms with Gasteiger partial charge in [0.05, 0.1) is 18.8 Å². The third-order valence-electron chi connectivity index (χ3n) is 7.89. The second kappa shape index (κ2) is 16.5. The van der Waals surface area contributed by atoms with Gasteiger partial charge in [0.1, 0.15) is 6.33 Å². The number of aryl methyl sites for hydroxylation is 1. The molecule has 0 spiro atoms. The number of unbranched alkanes of at least 4 members (excludes halogenated alkanes) is 2. The molecule has 0 saturated carbocycles. The molecule has 3 N–H and O–H groups in total. The van der Waals surface area contributed by atoms with Crippen molar-refractivity contribution in [3.8, 4) is 11.1 Å². The molecular weight excluding hydrogens is 604 g/mol. The van der Waals surface area contributed by atoms with Crippen LogP contribution in [0.2, 0.25) is 0 Å². The number of aliphatic carboxylic acids is 1. The van der Waals surface area contributed by atoms with Crippen LogP contribution < -0.4 is 5.32 Å². The number of nitrogens with zero attached hydrogens (tertiary/aromatic N) is 3. The summed E-state index contributed by atoms with van der Waals surface area (Å²) in [4.78, 5) is 23.0. The molecule has 1 aromatic heterocycles. The molecule has 242 valence electrons. The first-order chi connectivity index (χ1) is 22.4. The molecule has 1 aliphatic heterocycles. The predicted octanol–water partition coefficient (Wildman–Crippen LogP) is 5.96. The van der Waals surface area contributed by atoms with Gasteiger partial charge >= 0.3 is 5.97 Å². The van der Waals surface area contributed by atoms with E-state index in [9.17, 15) is 14.7 Å². The number of hydrogen-bond donors (Lipinski definition) is 3. The zero-order valence-corrected chi connectivity index (χ0v) is 26.7. The Morgan fingerprint density at radius 3 is 2.43 bits per heavy atom. The fraction of sp³-hybridized carbons (Fsp3) is 0.371. The Bertz CT molecular complexity index is 1590. The number of benzene rings is 3. The van der Waals surface area contributed by atoms with Crippen molar-refractivity contribution in [1.29, 1.82) is 0 Å². The molecule has 46 heavy (non-hydrogen) atoms. The van der Waals surface area contributed by atoms with E-state index in [1.165, 1.54) is 0 Å². The standard InChI is InChI=1S/C35H40N4O6S/c1-39-23-37-38-35(39)46-22-30-19-31(26-15-13-24(21-40)14-16-26)45-34(44-30)29-10-6-9-28(18-29)27-8-5-7-25(17-27)20-36-32(41)11-3-2-4-12-33(42)43/h5-10,13-18,23,30-31,34,40H,2-4,11-12,19-22H2,1H3,(H,36,41)(H,42,43)/t30-,31+,34+/m1/s1. The van der Waals surface area contributed by atoms with E-state index in [1.54, 1.807) is 18.1 Å². The summed E-state index contributed by atoms with van der Waals surface area (Å²) in [6.07, 6.45) is 3.98. The first-order valence-electron chi connectivity index (χ1n) is 15.5. The minimum Gasteiger partial charge on any atom is -0.481 e. The lowest BCUT2D eigenvalue weighted by Gasteiger charge is -2.36. The number of carboxylic acid groups (broad SMARTS) is 1. The average Bonchev–Trinajstić information content (AvgIpc) is 3.50. The number of carbonyl (C=O) groups is 2. The summed E-state index contributed by atoms with van der Waals surface area (Å²) in [5, 5.41) is 30.2. The average molecular weight is 645 g/mol. The van der Waals surface area contributed by atoms with Crippen molar-refractivity contribution < 1.29 is 29.3 Å². The molecular formula is C35H40N4O6S. The Labute approximate surface area is 273 Å². The quantitative estimate of drug-likeness (QED) is 0.106. The highest BCUT2D eigenvalue weighted by atomic mass is 32.2. The topological polar surface area (TPSA) is 136 Å². The molecule has 1 amide bonds. The highest BCUT2D eigenvalue weighted by Gasteiger charge is 2.32. The maximum atomic E-state index is 12.3. The number of nitrogens with one attached hydrogen (secondary N) is 1. The van der Waals surface area contributed by atoms with Gasteiger partial charge in [-0.05, 0) is 52.8 Å². The van der Waals surface area contributed by atoms with E-state index in [-0.39, 0.29) is 31.1 Å². The summed E-state index contributed by atoms with van der Waals surface area (Å²) in [6, 6.07) is 24.1. The number of carboxylic acids is 1. The van der Waals surface area contributed by atoms with Crippen molar-refractivity contribution in [2.45, 2.75) is 75.3 Å². The fourth-order valence-corrected chi connectivity index (χ4v) is 6.25. The van der Waals surface area contributed by atoms with Crippen LogP contribution in [0.5, 0.6) is 0 Å². The van der Waals surface area contributed by atoms with E-state index in [0.29, 0.717) is 38.0 Å². The van der Waals surface area contributed by atoms with Gasteiger partial charge in [0.15, 0.2) is 11.4 Å². The van der Waals surface area contributed by atoms with Gasteiger partial charge in [-0.3, -0.25) is 9.59 Å². The van der Waals surface area contributed by atoms with E-state index in [2.05, 4.69) is 27.6 Å². The Kier molecular flexibility index (Phi) is 12.0. The Morgan fingerprint density at radius 2 is 1.70 bits per heavy atom. The van der Waals surface area contributed by atoms with Crippen LogP contribution in [0.4, 0.5) is 0 Å². The van der Waals surface area contributed by atoms with Gasteiger partial charge < -0.3 is 29.6 Å². The largest absolute Gasteiger partial charge is 0.481 e. The van der Waals surface area contributed by atoms with Gasteiger partial charge in [0, 0.05) is 44.2 Å². The van der Waals surface area contributed by atoms with Gasteiger partial charge in [0.2, 0.25) is 5.91 Å². The van der Waals surface area contributed by atoms with Crippen LogP contribution >= 0.6 is 11.8 Å². The Hall–Kier alpha value is -4.03. The van der Waals surface area contributed by atoms with Crippen LogP contribution in [0, 0.1) is 0 Å². The molecule has 3 aromatic carbocycles. The first-order valence-corrected chi connectivity index (χ1v) is 16.5. The van der Waals surface area contributed by atoms with Crippen molar-refractivity contribution >= 4 is 23.6 Å². The second-order valence-electron chi connectivity index (χ2n) is 11.4. The molecule has 2 heterocycles. The van der Waals surface area contributed by atoms with Gasteiger partial charge in [0.25, 0.3) is 0 Å². The second-order valence-corrected chi connectivity index (χ2v) is 12.4. The van der Waals surface area contributed by atoms with Gasteiger partial charge in [-0.1, -0.05) is 78.8 Å². The number of ether oxygens (including phenoxy) is 2. The highest BCUT2D eigenvalue weighted by molar-refractivity contribution is 7.99. The van der Waals surface area contributed by atoms with E-state index >= 15 is 0 Å². The molecule has 5 rings (SSSR count). The van der Waals surface area contributed by atoms with Gasteiger partial charge in [-0.25, -0.2) is 0 Å². The van der Waals surface area contributed by atoms with Crippen molar-refractivity contribution in [3.63, 3.8) is 0 Å². The minimum absolute atomic E-state index is 0.00888. The Balaban J connectivity index is 1.26. The molecule has 1 saturated heterocycles. The lowest BCUT2D eigenvalue weighted by molar-refractivity contribution is -0.245. The van der Waals surface area contributed by atoms with E-state index in [0.717, 1.165) is 45.0 Å². The number of thioether (sulfide) groups is 1. The maximum Gasteiger partial charge on any atom is 0.303 e. The Morgan fingerprint density at radius 1 is 0.935 bits per heavy atom. The number of aromatic nitrogens is 3. The fourth-order valence-electron chi connectivity index (χ4n) is 5.35. The molecule has 3 atom stereocenters. The SMILES string of the molecule is Cn1cnnc1SC[C@H]1C[C@@H](c2ccc(CO)cc2)O[C@@H](c2cccc(-c3cccc(CNC(=O)CCCCCC(=O)O)c3)c2)O1. The summed E-state index contributed by atoms with van der Waals surface area (Å²) in [5.41, 5.74) is 5.80. The van der Waals surface area contributed by atoms with E-state index in [1.807, 2.05) is 72.3 Å². The molecule has 0 radical (unpaired) electrons. The van der Waals surface area contributed by atoms with Crippen molar-refractivity contribution in [2.24, 2.45) is 7.05 Å². The van der Waals surface area contributed by atoms with E-state index < -0.39 is 12.3 Å². The van der Waals surface area contributed by atoms with Gasteiger partial charge in [-0.2, -0.15) is 0 Å². The molecule has 0 aliphatic carbocycles. The molecule has 10 nitrogen and oxygen atoms in total. The van der Waals surface area contributed by atoms with Crippen molar-refractivity contribution in [3.05, 3.63) is 101 Å². The summed E-state index contributed by atoms with van der Waals surface area (Å²) in [7, 11) is 1.92. The van der Waals surface area contributed by atoms with Crippen LogP contribution in [-0.2, 0) is 39.3 Å². The van der Waals surface area contributed by atoms with Crippen molar-refractivity contribution in [2.75, 3.05) is 5.75 Å². The predicted molar refractivity (Wildman–Crippen MR) is 175 cm³/mol. The molecule has 4 aromatic rings. The van der Waals surface area contributed by atoms with Gasteiger partial charge in [-0.15, -0.1) is 10.2 Å². The first kappa shape index (κ1) is 33.3. The summed E-state index contributed by atoms with van der Waals surface area (Å²) >= 11 is 1.60. The third-order valence-corrected chi connectivity index (χ3v) is 9.05. The van der Waals surface area contributed by atoms with Crippen LogP contribution in [0.3, 0.4) is 0 Å². The van der Waals surface area contributed by atoms with Crippen LogP contribution in [0.1, 0.15) is 73.2 Å². The summed E-state index contributed by atoms with van der Waals surface area (Å²) in [6.45, 7) is 0.406. The molecule has 11 heteroatoms.